The average Bonchev–Trinajstić information content (AvgIpc) is 2.55. The summed E-state index contributed by atoms with van der Waals surface area (Å²) in [5.74, 6) is 0. The van der Waals surface area contributed by atoms with Crippen LogP contribution in [-0.4, -0.2) is 11.7 Å². The monoisotopic (exact) mass is 269 g/mol. The molecule has 0 heterocycles. The third-order valence-corrected chi connectivity index (χ3v) is 3.67. The fourth-order valence-corrected chi connectivity index (χ4v) is 2.49. The van der Waals surface area contributed by atoms with Crippen molar-refractivity contribution in [1.82, 2.24) is 0 Å². The molecule has 1 atom stereocenters. The Balaban J connectivity index is 0.000000147. The summed E-state index contributed by atoms with van der Waals surface area (Å²) in [6.45, 7) is 0.282. The summed E-state index contributed by atoms with van der Waals surface area (Å²) in [5, 5.41) is 9.20. The number of nitrogens with two attached hydrogens (primary N) is 1. The van der Waals surface area contributed by atoms with Crippen molar-refractivity contribution in [3.63, 3.8) is 0 Å². The molecule has 2 heteroatoms. The topological polar surface area (TPSA) is 46.2 Å². The van der Waals surface area contributed by atoms with Gasteiger partial charge in [-0.1, -0.05) is 54.6 Å². The highest BCUT2D eigenvalue weighted by atomic mass is 16.3. The molecule has 0 spiro atoms. The molecule has 0 amide bonds. The fourth-order valence-electron chi connectivity index (χ4n) is 2.49. The molecule has 0 bridgehead atoms. The van der Waals surface area contributed by atoms with Gasteiger partial charge in [0.1, 0.15) is 0 Å². The molecule has 3 N–H and O–H groups in total. The second kappa shape index (κ2) is 7.83. The van der Waals surface area contributed by atoms with Crippen molar-refractivity contribution in [2.45, 2.75) is 31.8 Å². The van der Waals surface area contributed by atoms with Crippen LogP contribution >= 0.6 is 0 Å². The maximum absolute atomic E-state index is 9.20. The van der Waals surface area contributed by atoms with Gasteiger partial charge in [-0.2, -0.15) is 0 Å². The van der Waals surface area contributed by atoms with E-state index in [0.29, 0.717) is 0 Å². The molecule has 0 radical (unpaired) electrons. The number of benzene rings is 2. The van der Waals surface area contributed by atoms with Crippen molar-refractivity contribution in [1.29, 1.82) is 0 Å². The van der Waals surface area contributed by atoms with Crippen LogP contribution in [0.3, 0.4) is 0 Å². The number of fused-ring (bicyclic) bond motifs is 1. The Morgan fingerprint density at radius 2 is 1.35 bits per heavy atom. The maximum Gasteiger partial charge on any atom is 0.0912 e. The molecule has 20 heavy (non-hydrogen) atoms. The molecule has 2 aromatic rings. The Morgan fingerprint density at radius 3 is 1.85 bits per heavy atom. The highest BCUT2D eigenvalue weighted by Gasteiger charge is 2.06. The zero-order chi connectivity index (χ0) is 14.2. The van der Waals surface area contributed by atoms with Gasteiger partial charge in [0.25, 0.3) is 0 Å². The summed E-state index contributed by atoms with van der Waals surface area (Å²) in [7, 11) is 0. The van der Waals surface area contributed by atoms with Crippen LogP contribution in [0.25, 0.3) is 0 Å². The van der Waals surface area contributed by atoms with Gasteiger partial charge >= 0.3 is 0 Å². The van der Waals surface area contributed by atoms with E-state index in [0.717, 1.165) is 5.56 Å². The molecule has 0 aromatic heterocycles. The first-order chi connectivity index (χ1) is 9.81. The molecule has 106 valence electrons. The molecule has 1 aliphatic carbocycles. The van der Waals surface area contributed by atoms with Gasteiger partial charge in [0.15, 0.2) is 0 Å². The van der Waals surface area contributed by atoms with Crippen molar-refractivity contribution < 1.29 is 5.11 Å². The zero-order valence-corrected chi connectivity index (χ0v) is 11.8. The van der Waals surface area contributed by atoms with Crippen molar-refractivity contribution in [3.8, 4) is 0 Å². The van der Waals surface area contributed by atoms with E-state index < -0.39 is 6.10 Å². The van der Waals surface area contributed by atoms with Crippen LogP contribution in [0, 0.1) is 0 Å². The van der Waals surface area contributed by atoms with E-state index in [9.17, 15) is 5.11 Å². The summed E-state index contributed by atoms with van der Waals surface area (Å²) >= 11 is 0. The maximum atomic E-state index is 9.20. The summed E-state index contributed by atoms with van der Waals surface area (Å²) in [6.07, 6.45) is 4.86. The largest absolute Gasteiger partial charge is 0.387 e. The number of rotatable bonds is 2. The fraction of sp³-hybridized carbons (Fsp3) is 0.333. The lowest BCUT2D eigenvalue weighted by Gasteiger charge is -2.13. The number of aliphatic hydroxyl groups is 1. The Kier molecular flexibility index (Phi) is 5.78. The van der Waals surface area contributed by atoms with E-state index in [2.05, 4.69) is 24.3 Å². The number of hydrogen-bond acceptors (Lipinski definition) is 2. The first-order valence-electron chi connectivity index (χ1n) is 7.31. The van der Waals surface area contributed by atoms with E-state index in [4.69, 9.17) is 5.73 Å². The predicted octanol–water partition coefficient (Wildman–Crippen LogP) is 3.24. The van der Waals surface area contributed by atoms with Crippen LogP contribution in [0.4, 0.5) is 0 Å². The first kappa shape index (κ1) is 14.8. The Bertz CT molecular complexity index is 485. The van der Waals surface area contributed by atoms with Crippen LogP contribution in [0.5, 0.6) is 0 Å². The third kappa shape index (κ3) is 4.19. The highest BCUT2D eigenvalue weighted by Crippen LogP contribution is 2.19. The summed E-state index contributed by atoms with van der Waals surface area (Å²) < 4.78 is 0. The van der Waals surface area contributed by atoms with Crippen LogP contribution in [-0.2, 0) is 12.8 Å². The molecule has 0 saturated carbocycles. The number of aryl methyl sites for hydroxylation is 2. The van der Waals surface area contributed by atoms with E-state index in [-0.39, 0.29) is 6.54 Å². The average molecular weight is 269 g/mol. The Labute approximate surface area is 121 Å². The molecule has 3 rings (SSSR count). The van der Waals surface area contributed by atoms with Crippen LogP contribution in [0.2, 0.25) is 0 Å². The SMILES string of the molecule is NCC(O)c1ccccc1.c1ccc2c(c1)CCCC2. The van der Waals surface area contributed by atoms with E-state index in [1.165, 1.54) is 25.7 Å². The molecule has 2 nitrogen and oxygen atoms in total. The molecule has 0 saturated heterocycles. The van der Waals surface area contributed by atoms with Crippen LogP contribution < -0.4 is 5.73 Å². The van der Waals surface area contributed by atoms with Crippen molar-refractivity contribution in [2.24, 2.45) is 5.73 Å². The van der Waals surface area contributed by atoms with Gasteiger partial charge in [0.05, 0.1) is 6.10 Å². The summed E-state index contributed by atoms with van der Waals surface area (Å²) in [6, 6.07) is 18.2. The molecule has 0 aliphatic heterocycles. The lowest BCUT2D eigenvalue weighted by molar-refractivity contribution is 0.187. The second-order valence-corrected chi connectivity index (χ2v) is 5.14. The quantitative estimate of drug-likeness (QED) is 0.879. The smallest absolute Gasteiger partial charge is 0.0912 e. The van der Waals surface area contributed by atoms with Gasteiger partial charge in [-0.25, -0.2) is 0 Å². The van der Waals surface area contributed by atoms with Crippen LogP contribution in [0.15, 0.2) is 54.6 Å². The van der Waals surface area contributed by atoms with Gasteiger partial charge in [-0.3, -0.25) is 0 Å². The van der Waals surface area contributed by atoms with Gasteiger partial charge in [-0.15, -0.1) is 0 Å². The van der Waals surface area contributed by atoms with Crippen molar-refractivity contribution in [3.05, 3.63) is 71.3 Å². The molecule has 1 aliphatic rings. The van der Waals surface area contributed by atoms with E-state index >= 15 is 0 Å². The minimum Gasteiger partial charge on any atom is -0.387 e. The molecule has 1 unspecified atom stereocenters. The van der Waals surface area contributed by atoms with Gasteiger partial charge in [0, 0.05) is 6.54 Å². The Morgan fingerprint density at radius 1 is 0.850 bits per heavy atom. The zero-order valence-electron chi connectivity index (χ0n) is 11.8. The lowest BCUT2D eigenvalue weighted by atomic mass is 9.92. The van der Waals surface area contributed by atoms with E-state index in [1.807, 2.05) is 30.3 Å². The normalized spacial score (nSPS) is 14.7. The molecular weight excluding hydrogens is 246 g/mol. The van der Waals surface area contributed by atoms with Gasteiger partial charge < -0.3 is 10.8 Å². The van der Waals surface area contributed by atoms with Gasteiger partial charge in [-0.05, 0) is 42.4 Å². The van der Waals surface area contributed by atoms with Crippen molar-refractivity contribution in [2.75, 3.05) is 6.54 Å². The number of aliphatic hydroxyl groups excluding tert-OH is 1. The summed E-state index contributed by atoms with van der Waals surface area (Å²) in [5.41, 5.74) is 9.29. The van der Waals surface area contributed by atoms with Crippen molar-refractivity contribution >= 4 is 0 Å². The Hall–Kier alpha value is -1.64. The second-order valence-electron chi connectivity index (χ2n) is 5.14. The standard InChI is InChI=1S/C10H12.C8H11NO/c1-2-6-10-8-4-3-7-9(10)5-1;9-6-8(10)7-4-2-1-3-5-7/h1-2,5-6H,3-4,7-8H2;1-5,8,10H,6,9H2. The number of hydrogen-bond donors (Lipinski definition) is 2. The summed E-state index contributed by atoms with van der Waals surface area (Å²) in [4.78, 5) is 0. The highest BCUT2D eigenvalue weighted by molar-refractivity contribution is 5.28. The van der Waals surface area contributed by atoms with E-state index in [1.54, 1.807) is 11.1 Å². The minimum atomic E-state index is -0.513. The first-order valence-corrected chi connectivity index (χ1v) is 7.31. The third-order valence-electron chi connectivity index (χ3n) is 3.67. The molecular formula is C18H23NO. The van der Waals surface area contributed by atoms with Gasteiger partial charge in [0.2, 0.25) is 0 Å². The lowest BCUT2D eigenvalue weighted by Crippen LogP contribution is -2.10. The minimum absolute atomic E-state index is 0.282. The molecule has 2 aromatic carbocycles. The van der Waals surface area contributed by atoms with Crippen LogP contribution in [0.1, 0.15) is 35.6 Å². The predicted molar refractivity (Wildman–Crippen MR) is 83.5 cm³/mol. The molecule has 0 fully saturated rings.